The van der Waals surface area contributed by atoms with Crippen LogP contribution in [0.25, 0.3) is 5.82 Å². The summed E-state index contributed by atoms with van der Waals surface area (Å²) in [6, 6.07) is 10.8. The molecule has 3 aromatic rings. The molecule has 126 valence electrons. The summed E-state index contributed by atoms with van der Waals surface area (Å²) in [7, 11) is 0. The highest BCUT2D eigenvalue weighted by molar-refractivity contribution is 9.10. The molecular weight excluding hydrogens is 386 g/mol. The van der Waals surface area contributed by atoms with Gasteiger partial charge in [-0.3, -0.25) is 9.59 Å². The molecule has 7 nitrogen and oxygen atoms in total. The Morgan fingerprint density at radius 1 is 1.20 bits per heavy atom. The number of halogens is 1. The van der Waals surface area contributed by atoms with Gasteiger partial charge in [-0.1, -0.05) is 34.1 Å². The van der Waals surface area contributed by atoms with Gasteiger partial charge in [-0.2, -0.15) is 14.9 Å². The van der Waals surface area contributed by atoms with Gasteiger partial charge in [-0.05, 0) is 24.6 Å². The minimum atomic E-state index is -0.295. The summed E-state index contributed by atoms with van der Waals surface area (Å²) in [6.07, 6.45) is 0.348. The third-order valence-corrected chi connectivity index (χ3v) is 4.99. The van der Waals surface area contributed by atoms with Crippen LogP contribution in [0.15, 0.2) is 45.7 Å². The summed E-state index contributed by atoms with van der Waals surface area (Å²) in [5.41, 5.74) is 2.51. The van der Waals surface area contributed by atoms with Gasteiger partial charge in [-0.25, -0.2) is 5.10 Å². The number of aryl methyl sites for hydroxylation is 1. The average molecular weight is 400 g/mol. The van der Waals surface area contributed by atoms with Crippen molar-refractivity contribution in [2.45, 2.75) is 19.3 Å². The minimum Gasteiger partial charge on any atom is -0.310 e. The van der Waals surface area contributed by atoms with Crippen molar-refractivity contribution in [1.29, 1.82) is 0 Å². The van der Waals surface area contributed by atoms with Gasteiger partial charge in [0, 0.05) is 28.4 Å². The van der Waals surface area contributed by atoms with Gasteiger partial charge in [0.2, 0.25) is 5.91 Å². The number of amides is 1. The zero-order valence-corrected chi connectivity index (χ0v) is 14.9. The Morgan fingerprint density at radius 2 is 2.00 bits per heavy atom. The Balaban J connectivity index is 1.91. The number of benzene rings is 1. The number of aromatic nitrogens is 4. The van der Waals surface area contributed by atoms with Gasteiger partial charge in [0.25, 0.3) is 5.56 Å². The lowest BCUT2D eigenvalue weighted by atomic mass is 9.86. The van der Waals surface area contributed by atoms with Crippen LogP contribution in [0.4, 0.5) is 5.82 Å². The van der Waals surface area contributed by atoms with E-state index in [-0.39, 0.29) is 17.4 Å². The largest absolute Gasteiger partial charge is 0.310 e. The van der Waals surface area contributed by atoms with Crippen LogP contribution in [0, 0.1) is 6.92 Å². The molecule has 0 saturated carbocycles. The van der Waals surface area contributed by atoms with Crippen LogP contribution in [0.5, 0.6) is 0 Å². The second-order valence-corrected chi connectivity index (χ2v) is 6.72. The molecule has 0 aliphatic carbocycles. The maximum atomic E-state index is 12.3. The van der Waals surface area contributed by atoms with Gasteiger partial charge >= 0.3 is 0 Å². The summed E-state index contributed by atoms with van der Waals surface area (Å²) in [5.74, 6) is 0.848. The van der Waals surface area contributed by atoms with Gasteiger partial charge in [0.15, 0.2) is 5.82 Å². The van der Waals surface area contributed by atoms with Crippen molar-refractivity contribution in [1.82, 2.24) is 20.0 Å². The highest BCUT2D eigenvalue weighted by atomic mass is 79.9. The Morgan fingerprint density at radius 3 is 2.72 bits per heavy atom. The predicted octanol–water partition coefficient (Wildman–Crippen LogP) is 2.50. The standard InChI is InChI=1S/C17H14BrN5O2/c1-9-16-11(10-4-2-3-5-12(10)18)8-15(25)19-17(16)23(22-9)13-6-7-14(24)21-20-13/h2-7,11H,8H2,1H3,(H,19,25)(H,21,24)/t11-/m1/s1. The number of nitrogens with one attached hydrogen (secondary N) is 2. The van der Waals surface area contributed by atoms with E-state index in [0.29, 0.717) is 18.1 Å². The molecule has 0 saturated heterocycles. The molecule has 0 bridgehead atoms. The smallest absolute Gasteiger partial charge is 0.264 e. The highest BCUT2D eigenvalue weighted by Gasteiger charge is 2.33. The number of hydrogen-bond donors (Lipinski definition) is 2. The molecule has 8 heteroatoms. The van der Waals surface area contributed by atoms with E-state index in [0.717, 1.165) is 21.3 Å². The average Bonchev–Trinajstić information content (AvgIpc) is 2.92. The topological polar surface area (TPSA) is 92.7 Å². The number of carbonyl (C=O) groups excluding carboxylic acids is 1. The number of rotatable bonds is 2. The summed E-state index contributed by atoms with van der Waals surface area (Å²) >= 11 is 3.58. The lowest BCUT2D eigenvalue weighted by Gasteiger charge is -2.25. The first-order valence-electron chi connectivity index (χ1n) is 7.74. The fourth-order valence-corrected chi connectivity index (χ4v) is 3.75. The molecule has 1 aliphatic heterocycles. The van der Waals surface area contributed by atoms with Gasteiger partial charge in [0.1, 0.15) is 5.82 Å². The molecule has 0 fully saturated rings. The maximum Gasteiger partial charge on any atom is 0.264 e. The molecule has 0 unspecified atom stereocenters. The second kappa shape index (κ2) is 5.96. The van der Waals surface area contributed by atoms with Gasteiger partial charge in [-0.15, -0.1) is 0 Å². The quantitative estimate of drug-likeness (QED) is 0.692. The highest BCUT2D eigenvalue weighted by Crippen LogP contribution is 2.41. The van der Waals surface area contributed by atoms with E-state index in [9.17, 15) is 9.59 Å². The SMILES string of the molecule is Cc1nn(-c2ccc(=O)[nH]n2)c2c1[C@@H](c1ccccc1Br)CC(=O)N2. The number of H-pyrrole nitrogens is 1. The number of aromatic amines is 1. The van der Waals surface area contributed by atoms with Crippen LogP contribution in [-0.4, -0.2) is 25.9 Å². The normalized spacial score (nSPS) is 16.4. The van der Waals surface area contributed by atoms with Gasteiger partial charge < -0.3 is 5.32 Å². The maximum absolute atomic E-state index is 12.3. The van der Waals surface area contributed by atoms with Crippen molar-refractivity contribution in [2.24, 2.45) is 0 Å². The van der Waals surface area contributed by atoms with E-state index in [1.807, 2.05) is 31.2 Å². The van der Waals surface area contributed by atoms with Crippen LogP contribution in [0.3, 0.4) is 0 Å². The van der Waals surface area contributed by atoms with Crippen LogP contribution in [0.1, 0.15) is 29.2 Å². The Bertz CT molecular complexity index is 1020. The van der Waals surface area contributed by atoms with Crippen molar-refractivity contribution in [3.8, 4) is 5.82 Å². The third kappa shape index (κ3) is 2.68. The first-order chi connectivity index (χ1) is 12.0. The fourth-order valence-electron chi connectivity index (χ4n) is 3.19. The minimum absolute atomic E-state index is 0.0844. The molecule has 1 amide bonds. The van der Waals surface area contributed by atoms with E-state index in [1.165, 1.54) is 6.07 Å². The van der Waals surface area contributed by atoms with E-state index in [4.69, 9.17) is 0 Å². The molecule has 25 heavy (non-hydrogen) atoms. The number of hydrogen-bond acceptors (Lipinski definition) is 4. The zero-order chi connectivity index (χ0) is 17.6. The number of carbonyl (C=O) groups is 1. The van der Waals surface area contributed by atoms with Gasteiger partial charge in [0.05, 0.1) is 5.69 Å². The van der Waals surface area contributed by atoms with Crippen LogP contribution >= 0.6 is 15.9 Å². The molecule has 0 radical (unpaired) electrons. The Kier molecular flexibility index (Phi) is 3.76. The molecule has 1 aliphatic rings. The summed E-state index contributed by atoms with van der Waals surface area (Å²) < 4.78 is 2.51. The Hall–Kier alpha value is -2.74. The van der Waals surface area contributed by atoms with Crippen molar-refractivity contribution in [2.75, 3.05) is 5.32 Å². The molecular formula is C17H14BrN5O2. The lowest BCUT2D eigenvalue weighted by Crippen LogP contribution is -2.25. The summed E-state index contributed by atoms with van der Waals surface area (Å²) in [5, 5.41) is 13.8. The molecule has 1 atom stereocenters. The van der Waals surface area contributed by atoms with E-state index in [2.05, 4.69) is 36.5 Å². The third-order valence-electron chi connectivity index (χ3n) is 4.26. The lowest BCUT2D eigenvalue weighted by molar-refractivity contribution is -0.116. The summed E-state index contributed by atoms with van der Waals surface area (Å²) in [4.78, 5) is 23.6. The first kappa shape index (κ1) is 15.8. The molecule has 2 aromatic heterocycles. The summed E-state index contributed by atoms with van der Waals surface area (Å²) in [6.45, 7) is 1.91. The molecule has 1 aromatic carbocycles. The molecule has 0 spiro atoms. The number of nitrogens with zero attached hydrogens (tertiary/aromatic N) is 3. The monoisotopic (exact) mass is 399 g/mol. The van der Waals surface area contributed by atoms with Crippen molar-refractivity contribution < 1.29 is 4.79 Å². The fraction of sp³-hybridized carbons (Fsp3) is 0.176. The van der Waals surface area contributed by atoms with E-state index < -0.39 is 0 Å². The van der Waals surface area contributed by atoms with E-state index in [1.54, 1.807) is 10.7 Å². The van der Waals surface area contributed by atoms with Crippen LogP contribution in [0.2, 0.25) is 0 Å². The van der Waals surface area contributed by atoms with Crippen molar-refractivity contribution in [3.63, 3.8) is 0 Å². The molecule has 4 rings (SSSR count). The van der Waals surface area contributed by atoms with Crippen molar-refractivity contribution in [3.05, 3.63) is 68.0 Å². The molecule has 3 heterocycles. The predicted molar refractivity (Wildman–Crippen MR) is 95.9 cm³/mol. The number of fused-ring (bicyclic) bond motifs is 1. The van der Waals surface area contributed by atoms with E-state index >= 15 is 0 Å². The second-order valence-electron chi connectivity index (χ2n) is 5.87. The zero-order valence-electron chi connectivity index (χ0n) is 13.3. The van der Waals surface area contributed by atoms with Crippen LogP contribution in [-0.2, 0) is 4.79 Å². The number of anilines is 1. The first-order valence-corrected chi connectivity index (χ1v) is 8.54. The Labute approximate surface area is 151 Å². The van der Waals surface area contributed by atoms with Crippen molar-refractivity contribution >= 4 is 27.7 Å². The van der Waals surface area contributed by atoms with Crippen LogP contribution < -0.4 is 10.9 Å². The molecule has 2 N–H and O–H groups in total.